The maximum Gasteiger partial charge on any atom is 0.240 e. The Labute approximate surface area is 128 Å². The molecule has 4 nitrogen and oxygen atoms in total. The number of amides is 1. The van der Waals surface area contributed by atoms with Crippen molar-refractivity contribution in [3.8, 4) is 0 Å². The van der Waals surface area contributed by atoms with Gasteiger partial charge in [0.1, 0.15) is 0 Å². The summed E-state index contributed by atoms with van der Waals surface area (Å²) in [7, 11) is 1.85. The van der Waals surface area contributed by atoms with Crippen molar-refractivity contribution < 1.29 is 4.79 Å². The average molecular weight is 330 g/mol. The SMILES string of the molecule is Cc1ncc(CN(C)C(=O)C2CSCN2)s1.Cl.Cl. The minimum Gasteiger partial charge on any atom is -0.339 e. The molecule has 1 aliphatic heterocycles. The molecule has 1 fully saturated rings. The van der Waals surface area contributed by atoms with E-state index in [0.29, 0.717) is 6.54 Å². The van der Waals surface area contributed by atoms with Crippen LogP contribution in [0, 0.1) is 6.92 Å². The number of halogens is 2. The zero-order valence-corrected chi connectivity index (χ0v) is 13.5. The standard InChI is InChI=1S/C10H15N3OS2.2ClH/c1-7-11-3-8(16-7)4-13(2)10(14)9-5-15-6-12-9;;/h3,9,12H,4-6H2,1-2H3;2*1H. The zero-order chi connectivity index (χ0) is 11.5. The summed E-state index contributed by atoms with van der Waals surface area (Å²) in [6.45, 7) is 2.64. The van der Waals surface area contributed by atoms with Crippen LogP contribution in [0.3, 0.4) is 0 Å². The molecule has 18 heavy (non-hydrogen) atoms. The first-order chi connectivity index (χ1) is 7.66. The van der Waals surface area contributed by atoms with Crippen molar-refractivity contribution in [2.75, 3.05) is 18.7 Å². The molecular formula is C10H17Cl2N3OS2. The highest BCUT2D eigenvalue weighted by molar-refractivity contribution is 7.99. The van der Waals surface area contributed by atoms with Crippen LogP contribution in [0.2, 0.25) is 0 Å². The molecule has 1 aromatic heterocycles. The fraction of sp³-hybridized carbons (Fsp3) is 0.600. The molecule has 0 aliphatic carbocycles. The number of rotatable bonds is 3. The second kappa shape index (κ2) is 8.22. The smallest absolute Gasteiger partial charge is 0.240 e. The molecule has 2 heterocycles. The summed E-state index contributed by atoms with van der Waals surface area (Å²) >= 11 is 3.42. The summed E-state index contributed by atoms with van der Waals surface area (Å²) in [4.78, 5) is 19.1. The molecule has 0 saturated carbocycles. The number of nitrogens with one attached hydrogen (secondary N) is 1. The zero-order valence-electron chi connectivity index (χ0n) is 10.2. The molecule has 2 rings (SSSR count). The Balaban J connectivity index is 0.00000144. The van der Waals surface area contributed by atoms with Crippen LogP contribution in [0.4, 0.5) is 0 Å². The van der Waals surface area contributed by atoms with Crippen molar-refractivity contribution in [1.29, 1.82) is 0 Å². The van der Waals surface area contributed by atoms with Crippen molar-refractivity contribution in [3.05, 3.63) is 16.1 Å². The second-order valence-corrected chi connectivity index (χ2v) is 6.16. The van der Waals surface area contributed by atoms with Crippen LogP contribution in [0.25, 0.3) is 0 Å². The predicted octanol–water partition coefficient (Wildman–Crippen LogP) is 1.92. The lowest BCUT2D eigenvalue weighted by Gasteiger charge is -2.19. The van der Waals surface area contributed by atoms with Crippen LogP contribution >= 0.6 is 47.9 Å². The highest BCUT2D eigenvalue weighted by Crippen LogP contribution is 2.16. The van der Waals surface area contributed by atoms with Crippen molar-refractivity contribution in [3.63, 3.8) is 0 Å². The van der Waals surface area contributed by atoms with E-state index in [4.69, 9.17) is 0 Å². The van der Waals surface area contributed by atoms with E-state index in [1.807, 2.05) is 20.2 Å². The normalized spacial score (nSPS) is 17.8. The molecule has 1 saturated heterocycles. The van der Waals surface area contributed by atoms with E-state index in [2.05, 4.69) is 10.3 Å². The maximum atomic E-state index is 12.0. The van der Waals surface area contributed by atoms with E-state index in [0.717, 1.165) is 21.5 Å². The van der Waals surface area contributed by atoms with Gasteiger partial charge in [0, 0.05) is 29.8 Å². The van der Waals surface area contributed by atoms with E-state index in [1.54, 1.807) is 28.0 Å². The van der Waals surface area contributed by atoms with Gasteiger partial charge in [-0.15, -0.1) is 47.9 Å². The summed E-state index contributed by atoms with van der Waals surface area (Å²) < 4.78 is 0. The number of nitrogens with zero attached hydrogens (tertiary/aromatic N) is 2. The van der Waals surface area contributed by atoms with Gasteiger partial charge in [-0.25, -0.2) is 4.98 Å². The summed E-state index contributed by atoms with van der Waals surface area (Å²) in [5.74, 6) is 1.94. The van der Waals surface area contributed by atoms with E-state index >= 15 is 0 Å². The topological polar surface area (TPSA) is 45.2 Å². The van der Waals surface area contributed by atoms with E-state index in [1.165, 1.54) is 0 Å². The minimum absolute atomic E-state index is 0. The van der Waals surface area contributed by atoms with Crippen molar-refractivity contribution in [2.24, 2.45) is 0 Å². The van der Waals surface area contributed by atoms with Crippen molar-refractivity contribution >= 4 is 53.8 Å². The predicted molar refractivity (Wildman–Crippen MR) is 82.1 cm³/mol. The van der Waals surface area contributed by atoms with Gasteiger partial charge in [0.2, 0.25) is 5.91 Å². The molecule has 1 unspecified atom stereocenters. The molecule has 1 amide bonds. The first kappa shape index (κ1) is 18.0. The summed E-state index contributed by atoms with van der Waals surface area (Å²) in [6.07, 6.45) is 1.85. The first-order valence-electron chi connectivity index (χ1n) is 5.14. The van der Waals surface area contributed by atoms with Crippen LogP contribution in [0.15, 0.2) is 6.20 Å². The fourth-order valence-electron chi connectivity index (χ4n) is 1.61. The Kier molecular flexibility index (Phi) is 8.21. The Morgan fingerprint density at radius 1 is 1.61 bits per heavy atom. The number of carbonyl (C=O) groups is 1. The van der Waals surface area contributed by atoms with Gasteiger partial charge < -0.3 is 4.90 Å². The number of hydrogen-bond donors (Lipinski definition) is 1. The van der Waals surface area contributed by atoms with E-state index in [9.17, 15) is 4.79 Å². The van der Waals surface area contributed by atoms with Crippen LogP contribution in [-0.4, -0.2) is 40.5 Å². The third-order valence-electron chi connectivity index (χ3n) is 2.45. The molecule has 1 N–H and O–H groups in total. The number of carbonyl (C=O) groups excluding carboxylic acids is 1. The molecule has 1 aromatic rings. The number of aryl methyl sites for hydroxylation is 1. The van der Waals surface area contributed by atoms with E-state index < -0.39 is 0 Å². The summed E-state index contributed by atoms with van der Waals surface area (Å²) in [6, 6.07) is -0.0102. The Hall–Kier alpha value is -0.0100. The number of aromatic nitrogens is 1. The summed E-state index contributed by atoms with van der Waals surface area (Å²) in [5.41, 5.74) is 0. The highest BCUT2D eigenvalue weighted by atomic mass is 35.5. The van der Waals surface area contributed by atoms with Crippen molar-refractivity contribution in [2.45, 2.75) is 19.5 Å². The van der Waals surface area contributed by atoms with Gasteiger partial charge in [-0.05, 0) is 6.92 Å². The molecule has 1 aliphatic rings. The molecule has 0 aromatic carbocycles. The van der Waals surface area contributed by atoms with Crippen LogP contribution in [0.1, 0.15) is 9.88 Å². The van der Waals surface area contributed by atoms with Gasteiger partial charge in [0.15, 0.2) is 0 Å². The maximum absolute atomic E-state index is 12.0. The van der Waals surface area contributed by atoms with Crippen LogP contribution in [-0.2, 0) is 11.3 Å². The lowest BCUT2D eigenvalue weighted by molar-refractivity contribution is -0.131. The number of likely N-dealkylation sites (N-methyl/N-ethyl adjacent to an activating group) is 1. The molecule has 1 atom stereocenters. The Morgan fingerprint density at radius 3 is 2.83 bits per heavy atom. The third kappa shape index (κ3) is 4.59. The Morgan fingerprint density at radius 2 is 2.33 bits per heavy atom. The van der Waals surface area contributed by atoms with Gasteiger partial charge in [-0.3, -0.25) is 10.1 Å². The largest absolute Gasteiger partial charge is 0.339 e. The summed E-state index contributed by atoms with van der Waals surface area (Å²) in [5, 5.41) is 4.23. The second-order valence-electron chi connectivity index (χ2n) is 3.81. The lowest BCUT2D eigenvalue weighted by atomic mass is 10.3. The van der Waals surface area contributed by atoms with Gasteiger partial charge in [-0.2, -0.15) is 0 Å². The molecule has 104 valence electrons. The molecule has 0 bridgehead atoms. The number of thioether (sulfide) groups is 1. The monoisotopic (exact) mass is 329 g/mol. The minimum atomic E-state index is -0.0102. The molecule has 0 spiro atoms. The molecule has 8 heteroatoms. The number of thiazole rings is 1. The van der Waals surface area contributed by atoms with Crippen LogP contribution < -0.4 is 5.32 Å². The van der Waals surface area contributed by atoms with Gasteiger partial charge >= 0.3 is 0 Å². The first-order valence-corrected chi connectivity index (χ1v) is 7.11. The van der Waals surface area contributed by atoms with Crippen LogP contribution in [0.5, 0.6) is 0 Å². The number of hydrogen-bond acceptors (Lipinski definition) is 5. The average Bonchev–Trinajstić information content (AvgIpc) is 2.88. The van der Waals surface area contributed by atoms with Gasteiger partial charge in [0.05, 0.1) is 17.6 Å². The molecule has 0 radical (unpaired) electrons. The van der Waals surface area contributed by atoms with E-state index in [-0.39, 0.29) is 36.8 Å². The van der Waals surface area contributed by atoms with Gasteiger partial charge in [-0.1, -0.05) is 0 Å². The Bertz CT molecular complexity index is 383. The third-order valence-corrected chi connectivity index (χ3v) is 4.29. The lowest BCUT2D eigenvalue weighted by Crippen LogP contribution is -2.42. The molecular weight excluding hydrogens is 313 g/mol. The fourth-order valence-corrected chi connectivity index (χ4v) is 3.39. The van der Waals surface area contributed by atoms with Crippen molar-refractivity contribution in [1.82, 2.24) is 15.2 Å². The quantitative estimate of drug-likeness (QED) is 0.920. The van der Waals surface area contributed by atoms with Gasteiger partial charge in [0.25, 0.3) is 0 Å². The highest BCUT2D eigenvalue weighted by Gasteiger charge is 2.25.